The second kappa shape index (κ2) is 4.70. The number of imidazole rings is 1. The van der Waals surface area contributed by atoms with Crippen molar-refractivity contribution in [1.82, 2.24) is 14.5 Å². The van der Waals surface area contributed by atoms with E-state index in [0.717, 1.165) is 18.7 Å². The van der Waals surface area contributed by atoms with Crippen molar-refractivity contribution >= 4 is 17.5 Å². The van der Waals surface area contributed by atoms with Gasteiger partial charge >= 0.3 is 0 Å². The number of rotatable bonds is 1. The molecule has 2 heterocycles. The van der Waals surface area contributed by atoms with Gasteiger partial charge in [0, 0.05) is 36.3 Å². The number of carbonyl (C=O) groups excluding carboxylic acids is 1. The Hall–Kier alpha value is -1.81. The number of hydrogen-bond donors (Lipinski definition) is 0. The van der Waals surface area contributed by atoms with Crippen LogP contribution in [0.2, 0.25) is 5.02 Å². The molecule has 4 nitrogen and oxygen atoms in total. The van der Waals surface area contributed by atoms with Gasteiger partial charge in [0.2, 0.25) is 0 Å². The number of aromatic nitrogens is 2. The van der Waals surface area contributed by atoms with Crippen molar-refractivity contribution in [3.8, 4) is 0 Å². The van der Waals surface area contributed by atoms with Crippen molar-refractivity contribution in [2.75, 3.05) is 6.54 Å². The van der Waals surface area contributed by atoms with E-state index >= 15 is 0 Å². The molecule has 0 unspecified atom stereocenters. The molecule has 0 atom stereocenters. The van der Waals surface area contributed by atoms with Crippen molar-refractivity contribution in [3.05, 3.63) is 52.6 Å². The molecule has 98 valence electrons. The molecule has 1 aromatic heterocycles. The van der Waals surface area contributed by atoms with Gasteiger partial charge in [0.1, 0.15) is 0 Å². The Morgan fingerprint density at radius 3 is 3.05 bits per heavy atom. The molecule has 1 aliphatic rings. The molecule has 1 amide bonds. The van der Waals surface area contributed by atoms with E-state index in [9.17, 15) is 4.79 Å². The molecule has 3 rings (SSSR count). The molecule has 0 aliphatic carbocycles. The lowest BCUT2D eigenvalue weighted by Crippen LogP contribution is -2.36. The molecular weight excluding hydrogens is 262 g/mol. The van der Waals surface area contributed by atoms with Crippen LogP contribution >= 0.6 is 11.6 Å². The Kier molecular flexibility index (Phi) is 3.03. The predicted octanol–water partition coefficient (Wildman–Crippen LogP) is 2.27. The van der Waals surface area contributed by atoms with Crippen LogP contribution in [0.3, 0.4) is 0 Å². The molecular formula is C14H14ClN3O. The van der Waals surface area contributed by atoms with E-state index in [0.29, 0.717) is 17.1 Å². The van der Waals surface area contributed by atoms with Crippen LogP contribution in [0.25, 0.3) is 0 Å². The first kappa shape index (κ1) is 12.2. The summed E-state index contributed by atoms with van der Waals surface area (Å²) in [7, 11) is 1.99. The maximum Gasteiger partial charge on any atom is 0.254 e. The number of nitrogens with zero attached hydrogens (tertiary/aromatic N) is 3. The fourth-order valence-corrected chi connectivity index (χ4v) is 2.63. The first-order chi connectivity index (χ1) is 9.15. The van der Waals surface area contributed by atoms with Gasteiger partial charge in [-0.1, -0.05) is 17.7 Å². The number of amides is 1. The third-order valence-corrected chi connectivity index (χ3v) is 3.70. The largest absolute Gasteiger partial charge is 0.337 e. The van der Waals surface area contributed by atoms with Crippen LogP contribution in [-0.4, -0.2) is 26.9 Å². The van der Waals surface area contributed by atoms with Gasteiger partial charge in [0.05, 0.1) is 18.6 Å². The summed E-state index contributed by atoms with van der Waals surface area (Å²) in [6.07, 6.45) is 2.65. The fraction of sp³-hybridized carbons (Fsp3) is 0.286. The summed E-state index contributed by atoms with van der Waals surface area (Å²) in [6.45, 7) is 1.29. The van der Waals surface area contributed by atoms with Crippen LogP contribution in [-0.2, 0) is 20.0 Å². The topological polar surface area (TPSA) is 38.1 Å². The quantitative estimate of drug-likeness (QED) is 0.801. The smallest absolute Gasteiger partial charge is 0.254 e. The van der Waals surface area contributed by atoms with Crippen LogP contribution in [0.5, 0.6) is 0 Å². The first-order valence-electron chi connectivity index (χ1n) is 6.19. The van der Waals surface area contributed by atoms with E-state index < -0.39 is 0 Å². The van der Waals surface area contributed by atoms with E-state index in [2.05, 4.69) is 4.98 Å². The zero-order chi connectivity index (χ0) is 13.4. The van der Waals surface area contributed by atoms with Crippen LogP contribution in [0.1, 0.15) is 21.7 Å². The highest BCUT2D eigenvalue weighted by atomic mass is 35.5. The van der Waals surface area contributed by atoms with Crippen LogP contribution in [0.4, 0.5) is 0 Å². The molecule has 19 heavy (non-hydrogen) atoms. The number of fused-ring (bicyclic) bond motifs is 1. The maximum atomic E-state index is 12.4. The molecule has 1 aliphatic heterocycles. The van der Waals surface area contributed by atoms with Gasteiger partial charge in [-0.05, 0) is 18.2 Å². The Balaban J connectivity index is 1.83. The molecule has 2 aromatic rings. The molecule has 0 bridgehead atoms. The molecule has 0 radical (unpaired) electrons. The van der Waals surface area contributed by atoms with Gasteiger partial charge in [-0.25, -0.2) is 4.98 Å². The average molecular weight is 276 g/mol. The van der Waals surface area contributed by atoms with Crippen LogP contribution in [0, 0.1) is 0 Å². The highest BCUT2D eigenvalue weighted by Crippen LogP contribution is 2.20. The molecule has 0 fully saturated rings. The lowest BCUT2D eigenvalue weighted by Gasteiger charge is -2.27. The SMILES string of the molecule is Cn1cnc2c1CCN(C(=O)c1cccc(Cl)c1)C2. The third kappa shape index (κ3) is 2.24. The van der Waals surface area contributed by atoms with Gasteiger partial charge in [0.25, 0.3) is 5.91 Å². The average Bonchev–Trinajstić information content (AvgIpc) is 2.79. The van der Waals surface area contributed by atoms with Gasteiger partial charge in [-0.3, -0.25) is 4.79 Å². The lowest BCUT2D eigenvalue weighted by atomic mass is 10.1. The number of benzene rings is 1. The minimum atomic E-state index is 0.0128. The number of aryl methyl sites for hydroxylation is 1. The highest BCUT2D eigenvalue weighted by Gasteiger charge is 2.24. The van der Waals surface area contributed by atoms with Crippen molar-refractivity contribution in [1.29, 1.82) is 0 Å². The Labute approximate surface area is 116 Å². The summed E-state index contributed by atoms with van der Waals surface area (Å²) < 4.78 is 2.02. The van der Waals surface area contributed by atoms with E-state index in [1.807, 2.05) is 16.5 Å². The summed E-state index contributed by atoms with van der Waals surface area (Å²) in [5.74, 6) is 0.0128. The predicted molar refractivity (Wildman–Crippen MR) is 73.1 cm³/mol. The van der Waals surface area contributed by atoms with E-state index in [-0.39, 0.29) is 5.91 Å². The number of hydrogen-bond acceptors (Lipinski definition) is 2. The lowest BCUT2D eigenvalue weighted by molar-refractivity contribution is 0.0731. The summed E-state index contributed by atoms with van der Waals surface area (Å²) in [5, 5.41) is 0.585. The summed E-state index contributed by atoms with van der Waals surface area (Å²) in [6, 6.07) is 7.07. The summed E-state index contributed by atoms with van der Waals surface area (Å²) in [4.78, 5) is 18.6. The van der Waals surface area contributed by atoms with Crippen molar-refractivity contribution in [2.45, 2.75) is 13.0 Å². The van der Waals surface area contributed by atoms with Crippen molar-refractivity contribution in [2.24, 2.45) is 7.05 Å². The fourth-order valence-electron chi connectivity index (χ4n) is 2.43. The zero-order valence-electron chi connectivity index (χ0n) is 10.6. The van der Waals surface area contributed by atoms with E-state index in [4.69, 9.17) is 11.6 Å². The molecule has 0 saturated heterocycles. The summed E-state index contributed by atoms with van der Waals surface area (Å²) >= 11 is 5.93. The van der Waals surface area contributed by atoms with Gasteiger partial charge < -0.3 is 9.47 Å². The third-order valence-electron chi connectivity index (χ3n) is 3.46. The van der Waals surface area contributed by atoms with Crippen molar-refractivity contribution < 1.29 is 4.79 Å². The number of halogens is 1. The molecule has 0 N–H and O–H groups in total. The molecule has 5 heteroatoms. The number of carbonyl (C=O) groups is 1. The van der Waals surface area contributed by atoms with E-state index in [1.54, 1.807) is 30.6 Å². The Morgan fingerprint density at radius 1 is 1.42 bits per heavy atom. The normalized spacial score (nSPS) is 14.3. The van der Waals surface area contributed by atoms with Gasteiger partial charge in [0.15, 0.2) is 0 Å². The minimum absolute atomic E-state index is 0.0128. The first-order valence-corrected chi connectivity index (χ1v) is 6.57. The maximum absolute atomic E-state index is 12.4. The van der Waals surface area contributed by atoms with Gasteiger partial charge in [-0.15, -0.1) is 0 Å². The van der Waals surface area contributed by atoms with Crippen LogP contribution in [0.15, 0.2) is 30.6 Å². The molecule has 0 spiro atoms. The highest BCUT2D eigenvalue weighted by molar-refractivity contribution is 6.30. The van der Waals surface area contributed by atoms with Gasteiger partial charge in [-0.2, -0.15) is 0 Å². The second-order valence-corrected chi connectivity index (χ2v) is 5.17. The van der Waals surface area contributed by atoms with Crippen LogP contribution < -0.4 is 0 Å². The molecule has 1 aromatic carbocycles. The minimum Gasteiger partial charge on any atom is -0.337 e. The zero-order valence-corrected chi connectivity index (χ0v) is 11.4. The van der Waals surface area contributed by atoms with Crippen molar-refractivity contribution in [3.63, 3.8) is 0 Å². The molecule has 0 saturated carbocycles. The summed E-state index contributed by atoms with van der Waals surface area (Å²) in [5.41, 5.74) is 2.84. The van der Waals surface area contributed by atoms with E-state index in [1.165, 1.54) is 5.69 Å². The second-order valence-electron chi connectivity index (χ2n) is 4.74. The monoisotopic (exact) mass is 275 g/mol. The Morgan fingerprint density at radius 2 is 2.26 bits per heavy atom. The Bertz CT molecular complexity index is 635. The standard InChI is InChI=1S/C14H14ClN3O/c1-17-9-16-12-8-18(6-5-13(12)17)14(19)10-3-2-4-11(15)7-10/h2-4,7,9H,5-6,8H2,1H3.